The van der Waals surface area contributed by atoms with Gasteiger partial charge in [0, 0.05) is 22.4 Å². The van der Waals surface area contributed by atoms with Crippen molar-refractivity contribution in [1.82, 2.24) is 15.0 Å². The highest BCUT2D eigenvalue weighted by atomic mass is 32.1. The van der Waals surface area contributed by atoms with E-state index in [9.17, 15) is 0 Å². The van der Waals surface area contributed by atoms with Gasteiger partial charge in [0.2, 0.25) is 0 Å². The lowest BCUT2D eigenvalue weighted by molar-refractivity contribution is 0.235. The molecule has 244 valence electrons. The highest BCUT2D eigenvalue weighted by Gasteiger charge is 2.38. The second-order valence-corrected chi connectivity index (χ2v) is 17.0. The normalized spacial score (nSPS) is 19.3. The van der Waals surface area contributed by atoms with Crippen LogP contribution >= 0.6 is 11.3 Å². The predicted molar refractivity (Wildman–Crippen MR) is 189 cm³/mol. The van der Waals surface area contributed by atoms with Crippen LogP contribution in [-0.4, -0.2) is 15.0 Å². The lowest BCUT2D eigenvalue weighted by atomic mass is 9.80. The summed E-state index contributed by atoms with van der Waals surface area (Å²) in [5, 5.41) is 1.29. The summed E-state index contributed by atoms with van der Waals surface area (Å²) in [6.07, 6.45) is 2.97. The first kappa shape index (κ1) is 38.9. The Morgan fingerprint density at radius 1 is 0.524 bits per heavy atom. The second-order valence-electron chi connectivity index (χ2n) is 15.9. The number of H-pyrrole nitrogens is 1. The lowest BCUT2D eigenvalue weighted by Gasteiger charge is -2.26. The third kappa shape index (κ3) is 11.1. The molecule has 0 spiro atoms. The molecule has 2 unspecified atom stereocenters. The standard InChI is InChI=1S/C14H28.C12H22N2.C12H21NS/c1-9(2)12-7-13(10(3)4)14(8-12)11(5)6;2*1-7(2)10-11(8(3)4)14-12(13-10)9(5)6/h9-14H,7-8H2,1-6H3;7-9H,1-6H3,(H,13,14);7-9H,1-6H3. The molecular formula is C38H71N3S. The van der Waals surface area contributed by atoms with Crippen LogP contribution in [0.2, 0.25) is 0 Å². The number of aromatic nitrogens is 3. The molecule has 2 heterocycles. The van der Waals surface area contributed by atoms with Gasteiger partial charge in [-0.1, -0.05) is 125 Å². The van der Waals surface area contributed by atoms with Crippen molar-refractivity contribution in [2.75, 3.05) is 0 Å². The highest BCUT2D eigenvalue weighted by molar-refractivity contribution is 7.11. The van der Waals surface area contributed by atoms with Gasteiger partial charge in [-0.2, -0.15) is 0 Å². The first-order valence-corrected chi connectivity index (χ1v) is 18.2. The maximum atomic E-state index is 4.75. The number of rotatable bonds is 9. The van der Waals surface area contributed by atoms with E-state index in [2.05, 4.69) is 135 Å². The summed E-state index contributed by atoms with van der Waals surface area (Å²) < 4.78 is 0. The van der Waals surface area contributed by atoms with Crippen LogP contribution in [-0.2, 0) is 0 Å². The molecular weight excluding hydrogens is 531 g/mol. The van der Waals surface area contributed by atoms with Crippen LogP contribution in [0.3, 0.4) is 0 Å². The minimum absolute atomic E-state index is 0.486. The topological polar surface area (TPSA) is 41.6 Å². The van der Waals surface area contributed by atoms with Crippen LogP contribution < -0.4 is 0 Å². The van der Waals surface area contributed by atoms with E-state index < -0.39 is 0 Å². The Labute approximate surface area is 266 Å². The fourth-order valence-electron chi connectivity index (χ4n) is 6.23. The molecule has 2 aromatic heterocycles. The molecule has 42 heavy (non-hydrogen) atoms. The lowest BCUT2D eigenvalue weighted by Crippen LogP contribution is -2.18. The maximum Gasteiger partial charge on any atom is 0.109 e. The Morgan fingerprint density at radius 3 is 1.26 bits per heavy atom. The van der Waals surface area contributed by atoms with Crippen molar-refractivity contribution in [2.45, 2.75) is 173 Å². The van der Waals surface area contributed by atoms with Gasteiger partial charge in [0.15, 0.2) is 0 Å². The van der Waals surface area contributed by atoms with Crippen molar-refractivity contribution in [3.05, 3.63) is 32.8 Å². The van der Waals surface area contributed by atoms with Crippen molar-refractivity contribution in [2.24, 2.45) is 35.5 Å². The minimum Gasteiger partial charge on any atom is -0.345 e. The van der Waals surface area contributed by atoms with E-state index in [1.807, 2.05) is 11.3 Å². The molecule has 2 aromatic rings. The van der Waals surface area contributed by atoms with Gasteiger partial charge in [-0.3, -0.25) is 0 Å². The van der Waals surface area contributed by atoms with Gasteiger partial charge in [-0.25, -0.2) is 9.97 Å². The highest BCUT2D eigenvalue weighted by Crippen LogP contribution is 2.46. The van der Waals surface area contributed by atoms with Gasteiger partial charge < -0.3 is 4.98 Å². The summed E-state index contributed by atoms with van der Waals surface area (Å²) in [6, 6.07) is 0. The Balaban J connectivity index is 0.000000315. The van der Waals surface area contributed by atoms with Crippen LogP contribution in [0.25, 0.3) is 0 Å². The average molecular weight is 602 g/mol. The Morgan fingerprint density at radius 2 is 1.00 bits per heavy atom. The van der Waals surface area contributed by atoms with Crippen molar-refractivity contribution in [3.63, 3.8) is 0 Å². The zero-order chi connectivity index (χ0) is 32.6. The zero-order valence-electron chi connectivity index (χ0n) is 31.1. The molecule has 0 saturated heterocycles. The summed E-state index contributed by atoms with van der Waals surface area (Å²) in [7, 11) is 0. The van der Waals surface area contributed by atoms with E-state index in [1.165, 1.54) is 39.8 Å². The van der Waals surface area contributed by atoms with Crippen LogP contribution in [0.4, 0.5) is 0 Å². The van der Waals surface area contributed by atoms with Crippen LogP contribution in [0.5, 0.6) is 0 Å². The van der Waals surface area contributed by atoms with Crippen LogP contribution in [0.1, 0.15) is 206 Å². The van der Waals surface area contributed by atoms with Gasteiger partial charge in [0.25, 0.3) is 0 Å². The van der Waals surface area contributed by atoms with E-state index in [0.717, 1.165) is 41.3 Å². The van der Waals surface area contributed by atoms with Gasteiger partial charge in [0.05, 0.1) is 16.4 Å². The molecule has 0 radical (unpaired) electrons. The minimum atomic E-state index is 0.486. The Kier molecular flexibility index (Phi) is 16.1. The van der Waals surface area contributed by atoms with E-state index >= 15 is 0 Å². The number of nitrogens with zero attached hydrogens (tertiary/aromatic N) is 2. The molecule has 3 rings (SSSR count). The third-order valence-corrected chi connectivity index (χ3v) is 10.7. The van der Waals surface area contributed by atoms with E-state index in [-0.39, 0.29) is 0 Å². The smallest absolute Gasteiger partial charge is 0.109 e. The summed E-state index contributed by atoms with van der Waals surface area (Å²) >= 11 is 1.89. The van der Waals surface area contributed by atoms with Gasteiger partial charge in [0.1, 0.15) is 5.82 Å². The third-order valence-electron chi connectivity index (χ3n) is 9.07. The number of nitrogens with one attached hydrogen (secondary N) is 1. The maximum absolute atomic E-state index is 4.75. The first-order chi connectivity index (χ1) is 19.3. The van der Waals surface area contributed by atoms with Crippen molar-refractivity contribution in [1.29, 1.82) is 0 Å². The quantitative estimate of drug-likeness (QED) is 0.310. The van der Waals surface area contributed by atoms with E-state index in [4.69, 9.17) is 4.98 Å². The number of hydrogen-bond acceptors (Lipinski definition) is 3. The molecule has 1 N–H and O–H groups in total. The molecule has 1 aliphatic rings. The molecule has 0 bridgehead atoms. The fourth-order valence-corrected chi connectivity index (χ4v) is 7.46. The molecule has 4 heteroatoms. The monoisotopic (exact) mass is 602 g/mol. The number of thiazole rings is 1. The summed E-state index contributed by atoms with van der Waals surface area (Å²) in [5.74, 6) is 10.00. The molecule has 1 saturated carbocycles. The number of imidazole rings is 1. The largest absolute Gasteiger partial charge is 0.345 e. The molecule has 2 atom stereocenters. The first-order valence-electron chi connectivity index (χ1n) is 17.4. The van der Waals surface area contributed by atoms with Gasteiger partial charge in [-0.15, -0.1) is 11.3 Å². The number of aromatic amines is 1. The Bertz CT molecular complexity index is 890. The van der Waals surface area contributed by atoms with E-state index in [0.29, 0.717) is 35.5 Å². The summed E-state index contributed by atoms with van der Waals surface area (Å²) in [5.41, 5.74) is 3.86. The predicted octanol–water partition coefficient (Wildman–Crippen LogP) is 12.9. The molecule has 1 aliphatic carbocycles. The molecule has 0 aliphatic heterocycles. The summed E-state index contributed by atoms with van der Waals surface area (Å²) in [4.78, 5) is 14.4. The van der Waals surface area contributed by atoms with Gasteiger partial charge in [-0.05, 0) is 72.0 Å². The van der Waals surface area contributed by atoms with Crippen molar-refractivity contribution in [3.8, 4) is 0 Å². The zero-order valence-corrected chi connectivity index (χ0v) is 32.0. The SMILES string of the molecule is CC(C)C1CC(C(C)C)C(C(C)C)C1.CC(C)c1nc(C(C)C)c(C(C)C)[nH]1.CC(C)c1nc(C(C)C)c(C(C)C)s1. The van der Waals surface area contributed by atoms with Crippen molar-refractivity contribution < 1.29 is 0 Å². The fraction of sp³-hybridized carbons (Fsp3) is 0.842. The average Bonchev–Trinajstić information content (AvgIpc) is 3.61. The van der Waals surface area contributed by atoms with E-state index in [1.54, 1.807) is 0 Å². The number of hydrogen-bond donors (Lipinski definition) is 1. The van der Waals surface area contributed by atoms with Gasteiger partial charge >= 0.3 is 0 Å². The molecule has 0 aromatic carbocycles. The van der Waals surface area contributed by atoms with Crippen LogP contribution in [0, 0.1) is 35.5 Å². The second kappa shape index (κ2) is 17.4. The molecule has 0 amide bonds. The molecule has 3 nitrogen and oxygen atoms in total. The van der Waals surface area contributed by atoms with Crippen molar-refractivity contribution >= 4 is 11.3 Å². The molecule has 1 fully saturated rings. The van der Waals surface area contributed by atoms with Crippen LogP contribution in [0.15, 0.2) is 0 Å². The summed E-state index contributed by atoms with van der Waals surface area (Å²) in [6.45, 7) is 41.0. The Hall–Kier alpha value is -1.16.